The zero-order chi connectivity index (χ0) is 11.9. The van der Waals surface area contributed by atoms with Gasteiger partial charge in [-0.2, -0.15) is 0 Å². The predicted molar refractivity (Wildman–Crippen MR) is 65.6 cm³/mol. The molecule has 2 N–H and O–H groups in total. The van der Waals surface area contributed by atoms with Crippen LogP contribution in [0.1, 0.15) is 25.7 Å². The van der Waals surface area contributed by atoms with Crippen LogP contribution >= 0.6 is 0 Å². The number of fused-ring (bicyclic) bond motifs is 1. The third-order valence-electron chi connectivity index (χ3n) is 2.71. The second-order valence-corrected chi connectivity index (χ2v) is 4.07. The molecule has 2 rings (SSSR count). The summed E-state index contributed by atoms with van der Waals surface area (Å²) in [5.41, 5.74) is 5.43. The first-order valence-corrected chi connectivity index (χ1v) is 6.12. The van der Waals surface area contributed by atoms with Crippen LogP contribution in [0.3, 0.4) is 0 Å². The summed E-state index contributed by atoms with van der Waals surface area (Å²) in [6, 6.07) is 5.67. The Kier molecular flexibility index (Phi) is 4.50. The molecule has 0 spiro atoms. The Labute approximate surface area is 102 Å². The van der Waals surface area contributed by atoms with E-state index in [0.29, 0.717) is 6.79 Å². The highest BCUT2D eigenvalue weighted by atomic mass is 16.7. The van der Waals surface area contributed by atoms with E-state index in [1.165, 1.54) is 12.8 Å². The lowest BCUT2D eigenvalue weighted by Crippen LogP contribution is -2.00. The van der Waals surface area contributed by atoms with Gasteiger partial charge in [-0.1, -0.05) is 12.8 Å². The maximum absolute atomic E-state index is 5.64. The molecule has 0 aromatic heterocycles. The molecule has 4 nitrogen and oxygen atoms in total. The van der Waals surface area contributed by atoms with Crippen LogP contribution in [-0.4, -0.2) is 19.9 Å². The minimum Gasteiger partial charge on any atom is -0.493 e. The highest BCUT2D eigenvalue weighted by Crippen LogP contribution is 2.35. The average Bonchev–Trinajstić information content (AvgIpc) is 2.81. The van der Waals surface area contributed by atoms with Crippen LogP contribution in [0, 0.1) is 0 Å². The van der Waals surface area contributed by atoms with Gasteiger partial charge in [-0.3, -0.25) is 0 Å². The molecule has 94 valence electrons. The van der Waals surface area contributed by atoms with Gasteiger partial charge in [-0.05, 0) is 31.5 Å². The molecule has 0 radical (unpaired) electrons. The number of hydrogen-bond donors (Lipinski definition) is 1. The molecule has 0 saturated heterocycles. The van der Waals surface area contributed by atoms with Crippen LogP contribution in [0.5, 0.6) is 17.2 Å². The van der Waals surface area contributed by atoms with Gasteiger partial charge in [0.15, 0.2) is 11.5 Å². The first-order chi connectivity index (χ1) is 8.40. The van der Waals surface area contributed by atoms with Gasteiger partial charge < -0.3 is 19.9 Å². The van der Waals surface area contributed by atoms with Crippen molar-refractivity contribution >= 4 is 0 Å². The first-order valence-electron chi connectivity index (χ1n) is 6.12. The number of unbranched alkanes of at least 4 members (excludes halogenated alkanes) is 3. The predicted octanol–water partition coefficient (Wildman–Crippen LogP) is 2.31. The molecule has 1 aliphatic heterocycles. The van der Waals surface area contributed by atoms with E-state index in [4.69, 9.17) is 19.9 Å². The largest absolute Gasteiger partial charge is 0.493 e. The zero-order valence-corrected chi connectivity index (χ0v) is 9.98. The zero-order valence-electron chi connectivity index (χ0n) is 9.98. The van der Waals surface area contributed by atoms with E-state index >= 15 is 0 Å². The van der Waals surface area contributed by atoms with Crippen molar-refractivity contribution in [3.05, 3.63) is 18.2 Å². The third-order valence-corrected chi connectivity index (χ3v) is 2.71. The van der Waals surface area contributed by atoms with Gasteiger partial charge in [0.2, 0.25) is 6.79 Å². The second-order valence-electron chi connectivity index (χ2n) is 4.07. The molecule has 1 aromatic rings. The van der Waals surface area contributed by atoms with Crippen molar-refractivity contribution in [1.82, 2.24) is 0 Å². The molecule has 0 bridgehead atoms. The van der Waals surface area contributed by atoms with E-state index in [1.807, 2.05) is 18.2 Å². The summed E-state index contributed by atoms with van der Waals surface area (Å²) in [5, 5.41) is 0. The van der Waals surface area contributed by atoms with Crippen LogP contribution < -0.4 is 19.9 Å². The number of ether oxygens (including phenoxy) is 3. The molecule has 0 atom stereocenters. The van der Waals surface area contributed by atoms with Crippen LogP contribution in [0.15, 0.2) is 18.2 Å². The lowest BCUT2D eigenvalue weighted by molar-refractivity contribution is 0.173. The Morgan fingerprint density at radius 3 is 2.76 bits per heavy atom. The van der Waals surface area contributed by atoms with E-state index in [1.54, 1.807) is 0 Å². The normalized spacial score (nSPS) is 12.8. The standard InChI is InChI=1S/C13H19NO3/c14-7-3-1-2-4-8-15-11-5-6-12-13(9-11)17-10-16-12/h5-6,9H,1-4,7-8,10,14H2. The maximum atomic E-state index is 5.64. The molecule has 0 fully saturated rings. The van der Waals surface area contributed by atoms with Crippen molar-refractivity contribution in [3.8, 4) is 17.2 Å². The number of hydrogen-bond acceptors (Lipinski definition) is 4. The fraction of sp³-hybridized carbons (Fsp3) is 0.538. The Bertz CT molecular complexity index is 355. The number of rotatable bonds is 7. The lowest BCUT2D eigenvalue weighted by atomic mass is 10.2. The van der Waals surface area contributed by atoms with Crippen molar-refractivity contribution in [2.24, 2.45) is 5.73 Å². The van der Waals surface area contributed by atoms with Crippen LogP contribution in [0.2, 0.25) is 0 Å². The highest BCUT2D eigenvalue weighted by molar-refractivity contribution is 5.46. The molecule has 17 heavy (non-hydrogen) atoms. The number of benzene rings is 1. The van der Waals surface area contributed by atoms with E-state index < -0.39 is 0 Å². The van der Waals surface area contributed by atoms with E-state index in [0.717, 1.165) is 43.2 Å². The fourth-order valence-electron chi connectivity index (χ4n) is 1.76. The fourth-order valence-corrected chi connectivity index (χ4v) is 1.76. The summed E-state index contributed by atoms with van der Waals surface area (Å²) in [6.45, 7) is 1.82. The van der Waals surface area contributed by atoms with E-state index in [-0.39, 0.29) is 0 Å². The number of nitrogens with two attached hydrogens (primary N) is 1. The van der Waals surface area contributed by atoms with Gasteiger partial charge in [0.05, 0.1) is 6.61 Å². The van der Waals surface area contributed by atoms with Crippen molar-refractivity contribution in [2.75, 3.05) is 19.9 Å². The summed E-state index contributed by atoms with van der Waals surface area (Å²) in [7, 11) is 0. The van der Waals surface area contributed by atoms with Gasteiger partial charge in [0.1, 0.15) is 5.75 Å². The third kappa shape index (κ3) is 3.53. The minimum atomic E-state index is 0.303. The summed E-state index contributed by atoms with van der Waals surface area (Å²) in [6.07, 6.45) is 4.52. The smallest absolute Gasteiger partial charge is 0.231 e. The SMILES string of the molecule is NCCCCCCOc1ccc2c(c1)OCO2. The van der Waals surface area contributed by atoms with Crippen molar-refractivity contribution in [2.45, 2.75) is 25.7 Å². The molecule has 4 heteroatoms. The Morgan fingerprint density at radius 1 is 1.06 bits per heavy atom. The Hall–Kier alpha value is -1.42. The Morgan fingerprint density at radius 2 is 1.88 bits per heavy atom. The maximum Gasteiger partial charge on any atom is 0.231 e. The van der Waals surface area contributed by atoms with Gasteiger partial charge in [0.25, 0.3) is 0 Å². The molecular weight excluding hydrogens is 218 g/mol. The van der Waals surface area contributed by atoms with Crippen LogP contribution in [0.4, 0.5) is 0 Å². The van der Waals surface area contributed by atoms with E-state index in [9.17, 15) is 0 Å². The molecule has 1 aromatic carbocycles. The summed E-state index contributed by atoms with van der Waals surface area (Å²) >= 11 is 0. The molecule has 0 saturated carbocycles. The first kappa shape index (κ1) is 12.0. The highest BCUT2D eigenvalue weighted by Gasteiger charge is 2.13. The molecule has 1 aliphatic rings. The van der Waals surface area contributed by atoms with Gasteiger partial charge in [-0.25, -0.2) is 0 Å². The van der Waals surface area contributed by atoms with Crippen molar-refractivity contribution in [3.63, 3.8) is 0 Å². The lowest BCUT2D eigenvalue weighted by Gasteiger charge is -2.06. The van der Waals surface area contributed by atoms with Crippen LogP contribution in [-0.2, 0) is 0 Å². The molecule has 0 unspecified atom stereocenters. The molecule has 0 aliphatic carbocycles. The second kappa shape index (κ2) is 6.35. The molecule has 0 amide bonds. The topological polar surface area (TPSA) is 53.7 Å². The van der Waals surface area contributed by atoms with Gasteiger partial charge >= 0.3 is 0 Å². The Balaban J connectivity index is 1.69. The monoisotopic (exact) mass is 237 g/mol. The van der Waals surface area contributed by atoms with E-state index in [2.05, 4.69) is 0 Å². The summed E-state index contributed by atoms with van der Waals surface area (Å²) in [5.74, 6) is 2.40. The quantitative estimate of drug-likeness (QED) is 0.739. The summed E-state index contributed by atoms with van der Waals surface area (Å²) in [4.78, 5) is 0. The summed E-state index contributed by atoms with van der Waals surface area (Å²) < 4.78 is 16.2. The minimum absolute atomic E-state index is 0.303. The van der Waals surface area contributed by atoms with Gasteiger partial charge in [-0.15, -0.1) is 0 Å². The van der Waals surface area contributed by atoms with Crippen molar-refractivity contribution in [1.29, 1.82) is 0 Å². The van der Waals surface area contributed by atoms with Crippen molar-refractivity contribution < 1.29 is 14.2 Å². The van der Waals surface area contributed by atoms with Gasteiger partial charge in [0, 0.05) is 6.07 Å². The molecule has 1 heterocycles. The van der Waals surface area contributed by atoms with Crippen LogP contribution in [0.25, 0.3) is 0 Å². The molecular formula is C13H19NO3. The average molecular weight is 237 g/mol.